The van der Waals surface area contributed by atoms with E-state index in [2.05, 4.69) is 21.4 Å². The molecule has 154 valence electrons. The van der Waals surface area contributed by atoms with Crippen molar-refractivity contribution in [3.8, 4) is 0 Å². The molecule has 0 amide bonds. The second-order valence-electron chi connectivity index (χ2n) is 7.92. The van der Waals surface area contributed by atoms with Crippen LogP contribution in [-0.4, -0.2) is 34.1 Å². The molecular weight excluding hydrogens is 406 g/mol. The molecule has 2 fully saturated rings. The van der Waals surface area contributed by atoms with Gasteiger partial charge in [-0.3, -0.25) is 0 Å². The second-order valence-corrected chi connectivity index (χ2v) is 9.33. The van der Waals surface area contributed by atoms with E-state index in [4.69, 9.17) is 33.8 Å². The first-order chi connectivity index (χ1) is 13.8. The van der Waals surface area contributed by atoms with Crippen molar-refractivity contribution in [1.29, 1.82) is 0 Å². The zero-order valence-corrected chi connectivity index (χ0v) is 18.1. The summed E-state index contributed by atoms with van der Waals surface area (Å²) in [5, 5.41) is 1.01. The Morgan fingerprint density at radius 2 is 1.93 bits per heavy atom. The number of aromatic nitrogens is 3. The average molecular weight is 432 g/mol. The third kappa shape index (κ3) is 3.65. The standard InChI is InChI=1S/C20H26ClN7S/c1-11-3-5-20(15(11)22)6-9-28(10-7-20)18-12(2)26-19(17(24)27-18)29-13-4-8-25-16(23)14(13)21/h4,8,15H,1,3,5-7,9-10,22H2,2H3,(H2,23,25)(H2,24,27)/t15-/m1/s1. The minimum Gasteiger partial charge on any atom is -0.382 e. The maximum Gasteiger partial charge on any atom is 0.158 e. The first-order valence-corrected chi connectivity index (χ1v) is 10.9. The van der Waals surface area contributed by atoms with Gasteiger partial charge in [-0.05, 0) is 44.1 Å². The van der Waals surface area contributed by atoms with Crippen LogP contribution in [0.15, 0.2) is 34.3 Å². The highest BCUT2D eigenvalue weighted by Crippen LogP contribution is 2.48. The Balaban J connectivity index is 1.52. The molecule has 1 atom stereocenters. The molecule has 1 aliphatic carbocycles. The first kappa shape index (κ1) is 20.3. The molecule has 1 spiro atoms. The number of rotatable bonds is 3. The average Bonchev–Trinajstić information content (AvgIpc) is 2.97. The van der Waals surface area contributed by atoms with Crippen LogP contribution >= 0.6 is 23.4 Å². The van der Waals surface area contributed by atoms with Gasteiger partial charge in [0.05, 0.1) is 10.7 Å². The van der Waals surface area contributed by atoms with Crippen molar-refractivity contribution in [3.05, 3.63) is 35.1 Å². The summed E-state index contributed by atoms with van der Waals surface area (Å²) in [4.78, 5) is 16.4. The van der Waals surface area contributed by atoms with Crippen LogP contribution in [0.5, 0.6) is 0 Å². The summed E-state index contributed by atoms with van der Waals surface area (Å²) in [7, 11) is 0. The Bertz CT molecular complexity index is 956. The monoisotopic (exact) mass is 431 g/mol. The lowest BCUT2D eigenvalue weighted by atomic mass is 9.74. The van der Waals surface area contributed by atoms with Crippen molar-refractivity contribution < 1.29 is 0 Å². The molecule has 1 saturated carbocycles. The Morgan fingerprint density at radius 1 is 1.21 bits per heavy atom. The fraction of sp³-hybridized carbons (Fsp3) is 0.450. The molecule has 7 nitrogen and oxygen atoms in total. The molecule has 1 aliphatic heterocycles. The normalized spacial score (nSPS) is 21.1. The van der Waals surface area contributed by atoms with Gasteiger partial charge in [0.2, 0.25) is 0 Å². The van der Waals surface area contributed by atoms with Crippen LogP contribution in [0.4, 0.5) is 17.5 Å². The highest BCUT2D eigenvalue weighted by atomic mass is 35.5. The molecule has 9 heteroatoms. The van der Waals surface area contributed by atoms with Crippen LogP contribution in [-0.2, 0) is 0 Å². The second kappa shape index (κ2) is 7.66. The summed E-state index contributed by atoms with van der Waals surface area (Å²) in [5.41, 5.74) is 20.7. The predicted molar refractivity (Wildman–Crippen MR) is 119 cm³/mol. The van der Waals surface area contributed by atoms with E-state index in [1.165, 1.54) is 17.3 Å². The lowest BCUT2D eigenvalue weighted by Crippen LogP contribution is -2.47. The van der Waals surface area contributed by atoms with Gasteiger partial charge >= 0.3 is 0 Å². The highest BCUT2D eigenvalue weighted by Gasteiger charge is 2.45. The van der Waals surface area contributed by atoms with Crippen molar-refractivity contribution in [1.82, 2.24) is 15.0 Å². The van der Waals surface area contributed by atoms with Gasteiger partial charge in [0.15, 0.2) is 11.6 Å². The summed E-state index contributed by atoms with van der Waals surface area (Å²) < 4.78 is 0. The van der Waals surface area contributed by atoms with E-state index in [0.29, 0.717) is 15.9 Å². The molecule has 0 aromatic carbocycles. The molecule has 0 bridgehead atoms. The number of halogens is 1. The number of nitrogens with zero attached hydrogens (tertiary/aromatic N) is 4. The summed E-state index contributed by atoms with van der Waals surface area (Å²) in [5.74, 6) is 1.51. The number of anilines is 3. The molecule has 1 saturated heterocycles. The summed E-state index contributed by atoms with van der Waals surface area (Å²) in [6, 6.07) is 1.90. The largest absolute Gasteiger partial charge is 0.382 e. The van der Waals surface area contributed by atoms with Crippen LogP contribution in [0.1, 0.15) is 31.4 Å². The van der Waals surface area contributed by atoms with E-state index >= 15 is 0 Å². The quantitative estimate of drug-likeness (QED) is 0.632. The van der Waals surface area contributed by atoms with Gasteiger partial charge in [-0.1, -0.05) is 35.5 Å². The van der Waals surface area contributed by atoms with Gasteiger partial charge in [-0.25, -0.2) is 15.0 Å². The summed E-state index contributed by atoms with van der Waals surface area (Å²) in [6.07, 6.45) is 5.87. The minimum absolute atomic E-state index is 0.109. The number of nitrogens with two attached hydrogens (primary N) is 3. The Morgan fingerprint density at radius 3 is 2.59 bits per heavy atom. The molecule has 2 aromatic rings. The van der Waals surface area contributed by atoms with E-state index in [-0.39, 0.29) is 17.3 Å². The van der Waals surface area contributed by atoms with Gasteiger partial charge in [-0.15, -0.1) is 0 Å². The van der Waals surface area contributed by atoms with E-state index in [0.717, 1.165) is 55.2 Å². The molecule has 3 heterocycles. The Labute approximate surface area is 180 Å². The zero-order chi connectivity index (χ0) is 20.8. The number of piperidine rings is 1. The predicted octanol–water partition coefficient (Wildman–Crippen LogP) is 3.41. The fourth-order valence-corrected chi connectivity index (χ4v) is 5.47. The lowest BCUT2D eigenvalue weighted by Gasteiger charge is -2.42. The Kier molecular flexibility index (Phi) is 5.35. The number of pyridine rings is 1. The molecular formula is C20H26ClN7S. The number of aryl methyl sites for hydroxylation is 1. The minimum atomic E-state index is 0.109. The van der Waals surface area contributed by atoms with Gasteiger partial charge < -0.3 is 22.1 Å². The SMILES string of the molecule is C=C1CCC2(CCN(c3nc(N)c(Sc4ccnc(N)c4Cl)nc3C)CC2)[C@@H]1N. The number of hydrogen-bond acceptors (Lipinski definition) is 8. The van der Waals surface area contributed by atoms with Gasteiger partial charge in [0.25, 0.3) is 0 Å². The van der Waals surface area contributed by atoms with Crippen LogP contribution in [0.2, 0.25) is 5.02 Å². The van der Waals surface area contributed by atoms with E-state index in [1.807, 2.05) is 6.92 Å². The number of nitrogen functional groups attached to an aromatic ring is 2. The number of hydrogen-bond donors (Lipinski definition) is 3. The van der Waals surface area contributed by atoms with Crippen molar-refractivity contribution in [2.75, 3.05) is 29.5 Å². The maximum atomic E-state index is 6.45. The zero-order valence-electron chi connectivity index (χ0n) is 16.5. The summed E-state index contributed by atoms with van der Waals surface area (Å²) in [6.45, 7) is 7.90. The molecule has 29 heavy (non-hydrogen) atoms. The van der Waals surface area contributed by atoms with Crippen molar-refractivity contribution in [3.63, 3.8) is 0 Å². The molecule has 2 aromatic heterocycles. The van der Waals surface area contributed by atoms with Crippen molar-refractivity contribution in [2.24, 2.45) is 11.1 Å². The van der Waals surface area contributed by atoms with E-state index in [1.54, 1.807) is 12.3 Å². The lowest BCUT2D eigenvalue weighted by molar-refractivity contribution is 0.205. The molecule has 0 radical (unpaired) electrons. The van der Waals surface area contributed by atoms with Crippen molar-refractivity contribution >= 4 is 40.8 Å². The third-order valence-electron chi connectivity index (χ3n) is 6.23. The van der Waals surface area contributed by atoms with Crippen LogP contribution < -0.4 is 22.1 Å². The third-order valence-corrected chi connectivity index (χ3v) is 7.79. The highest BCUT2D eigenvalue weighted by molar-refractivity contribution is 7.99. The van der Waals surface area contributed by atoms with Gasteiger partial charge in [0.1, 0.15) is 10.8 Å². The first-order valence-electron chi connectivity index (χ1n) is 9.71. The topological polar surface area (TPSA) is 120 Å². The fourth-order valence-electron chi connectivity index (χ4n) is 4.38. The van der Waals surface area contributed by atoms with Gasteiger partial charge in [-0.2, -0.15) is 0 Å². The molecule has 2 aliphatic rings. The van der Waals surface area contributed by atoms with Crippen LogP contribution in [0.25, 0.3) is 0 Å². The molecule has 6 N–H and O–H groups in total. The van der Waals surface area contributed by atoms with Crippen LogP contribution in [0.3, 0.4) is 0 Å². The van der Waals surface area contributed by atoms with Gasteiger partial charge in [0, 0.05) is 30.2 Å². The maximum absolute atomic E-state index is 6.45. The summed E-state index contributed by atoms with van der Waals surface area (Å²) >= 11 is 7.59. The molecule has 4 rings (SSSR count). The smallest absolute Gasteiger partial charge is 0.158 e. The van der Waals surface area contributed by atoms with Crippen LogP contribution in [0, 0.1) is 12.3 Å². The Hall–Kier alpha value is -2.03. The van der Waals surface area contributed by atoms with E-state index < -0.39 is 0 Å². The molecule has 0 unspecified atom stereocenters. The van der Waals surface area contributed by atoms with Crippen molar-refractivity contribution in [2.45, 2.75) is 48.6 Å². The van der Waals surface area contributed by atoms with E-state index in [9.17, 15) is 0 Å².